The highest BCUT2D eigenvalue weighted by Gasteiger charge is 2.16. The van der Waals surface area contributed by atoms with Crippen molar-refractivity contribution in [1.29, 1.82) is 0 Å². The SMILES string of the molecule is COc1ccc2nc(C)c(C(=O)N(C)Cc3ccsc3)cc2c1. The Kier molecular flexibility index (Phi) is 4.30. The second-order valence-electron chi connectivity index (χ2n) is 5.47. The number of hydrogen-bond acceptors (Lipinski definition) is 4. The number of pyridine rings is 1. The lowest BCUT2D eigenvalue weighted by atomic mass is 10.1. The van der Waals surface area contributed by atoms with E-state index in [-0.39, 0.29) is 5.91 Å². The number of rotatable bonds is 4. The molecule has 0 aliphatic rings. The first-order valence-corrected chi connectivity index (χ1v) is 8.24. The predicted molar refractivity (Wildman–Crippen MR) is 93.1 cm³/mol. The zero-order valence-electron chi connectivity index (χ0n) is 13.4. The number of hydrogen-bond donors (Lipinski definition) is 0. The summed E-state index contributed by atoms with van der Waals surface area (Å²) in [5, 5.41) is 4.98. The van der Waals surface area contributed by atoms with Crippen LogP contribution in [-0.4, -0.2) is 29.9 Å². The lowest BCUT2D eigenvalue weighted by Gasteiger charge is -2.18. The maximum absolute atomic E-state index is 12.7. The van der Waals surface area contributed by atoms with Gasteiger partial charge in [0.25, 0.3) is 5.91 Å². The third-order valence-corrected chi connectivity index (χ3v) is 4.52. The van der Waals surface area contributed by atoms with Crippen molar-refractivity contribution in [3.05, 3.63) is 57.9 Å². The van der Waals surface area contributed by atoms with E-state index in [2.05, 4.69) is 10.4 Å². The summed E-state index contributed by atoms with van der Waals surface area (Å²) in [4.78, 5) is 19.0. The van der Waals surface area contributed by atoms with Crippen LogP contribution in [-0.2, 0) is 6.54 Å². The Morgan fingerprint density at radius 3 is 2.83 bits per heavy atom. The number of benzene rings is 1. The number of thiophene rings is 1. The number of carbonyl (C=O) groups excluding carboxylic acids is 1. The van der Waals surface area contributed by atoms with Gasteiger partial charge >= 0.3 is 0 Å². The van der Waals surface area contributed by atoms with Crippen LogP contribution in [0.4, 0.5) is 0 Å². The number of methoxy groups -OCH3 is 1. The van der Waals surface area contributed by atoms with Crippen LogP contribution < -0.4 is 4.74 Å². The topological polar surface area (TPSA) is 42.4 Å². The van der Waals surface area contributed by atoms with Crippen molar-refractivity contribution < 1.29 is 9.53 Å². The minimum atomic E-state index is -0.0223. The maximum atomic E-state index is 12.7. The van der Waals surface area contributed by atoms with Crippen molar-refractivity contribution in [1.82, 2.24) is 9.88 Å². The van der Waals surface area contributed by atoms with E-state index in [0.717, 1.165) is 27.9 Å². The van der Waals surface area contributed by atoms with E-state index in [9.17, 15) is 4.79 Å². The van der Waals surface area contributed by atoms with Crippen molar-refractivity contribution in [2.75, 3.05) is 14.2 Å². The molecule has 118 valence electrons. The Balaban J connectivity index is 1.94. The van der Waals surface area contributed by atoms with Crippen molar-refractivity contribution in [3.63, 3.8) is 0 Å². The summed E-state index contributed by atoms with van der Waals surface area (Å²) in [7, 11) is 3.44. The van der Waals surface area contributed by atoms with Crippen LogP contribution >= 0.6 is 11.3 Å². The minimum absolute atomic E-state index is 0.0223. The smallest absolute Gasteiger partial charge is 0.255 e. The molecule has 0 aliphatic carbocycles. The molecule has 0 fully saturated rings. The molecular weight excluding hydrogens is 308 g/mol. The second kappa shape index (κ2) is 6.38. The fourth-order valence-corrected chi connectivity index (χ4v) is 3.19. The molecule has 0 atom stereocenters. The van der Waals surface area contributed by atoms with Gasteiger partial charge in [-0.3, -0.25) is 9.78 Å². The van der Waals surface area contributed by atoms with Gasteiger partial charge < -0.3 is 9.64 Å². The highest BCUT2D eigenvalue weighted by molar-refractivity contribution is 7.07. The lowest BCUT2D eigenvalue weighted by Crippen LogP contribution is -2.27. The van der Waals surface area contributed by atoms with Crippen LogP contribution in [0.15, 0.2) is 41.1 Å². The normalized spacial score (nSPS) is 10.7. The zero-order chi connectivity index (χ0) is 16.4. The van der Waals surface area contributed by atoms with Crippen molar-refractivity contribution in [3.8, 4) is 5.75 Å². The molecule has 1 amide bonds. The van der Waals surface area contributed by atoms with Gasteiger partial charge in [0, 0.05) is 19.0 Å². The average Bonchev–Trinajstić information content (AvgIpc) is 3.06. The van der Waals surface area contributed by atoms with Crippen LogP contribution in [0.2, 0.25) is 0 Å². The molecule has 3 rings (SSSR count). The van der Waals surface area contributed by atoms with Crippen LogP contribution in [0.3, 0.4) is 0 Å². The molecule has 0 unspecified atom stereocenters. The number of aryl methyl sites for hydroxylation is 1. The van der Waals surface area contributed by atoms with Gasteiger partial charge in [0.2, 0.25) is 0 Å². The van der Waals surface area contributed by atoms with Gasteiger partial charge in [0.15, 0.2) is 0 Å². The summed E-state index contributed by atoms with van der Waals surface area (Å²) in [5.74, 6) is 0.735. The minimum Gasteiger partial charge on any atom is -0.497 e. The third kappa shape index (κ3) is 3.19. The molecule has 0 radical (unpaired) electrons. The molecule has 23 heavy (non-hydrogen) atoms. The summed E-state index contributed by atoms with van der Waals surface area (Å²) < 4.78 is 5.25. The fraction of sp³-hybridized carbons (Fsp3) is 0.222. The summed E-state index contributed by atoms with van der Waals surface area (Å²) in [5.41, 5.74) is 3.37. The van der Waals surface area contributed by atoms with E-state index in [0.29, 0.717) is 12.1 Å². The summed E-state index contributed by atoms with van der Waals surface area (Å²) in [6.45, 7) is 2.47. The van der Waals surface area contributed by atoms with Gasteiger partial charge in [-0.05, 0) is 53.6 Å². The number of amides is 1. The molecule has 0 aliphatic heterocycles. The van der Waals surface area contributed by atoms with Crippen molar-refractivity contribution >= 4 is 28.1 Å². The standard InChI is InChI=1S/C18H18N2O2S/c1-12-16(18(21)20(2)10-13-6-7-23-11-13)9-14-8-15(22-3)4-5-17(14)19-12/h4-9,11H,10H2,1-3H3. The Bertz CT molecular complexity index is 844. The summed E-state index contributed by atoms with van der Waals surface area (Å²) >= 11 is 1.63. The number of nitrogens with zero attached hydrogens (tertiary/aromatic N) is 2. The Labute approximate surface area is 139 Å². The van der Waals surface area contributed by atoms with Crippen molar-refractivity contribution in [2.24, 2.45) is 0 Å². The van der Waals surface area contributed by atoms with Crippen LogP contribution in [0.1, 0.15) is 21.6 Å². The predicted octanol–water partition coefficient (Wildman–Crippen LogP) is 3.89. The van der Waals surface area contributed by atoms with Gasteiger partial charge in [0.05, 0.1) is 23.9 Å². The molecule has 2 heterocycles. The molecular formula is C18H18N2O2S. The maximum Gasteiger partial charge on any atom is 0.255 e. The van der Waals surface area contributed by atoms with Crippen LogP contribution in [0.25, 0.3) is 10.9 Å². The highest BCUT2D eigenvalue weighted by Crippen LogP contribution is 2.23. The van der Waals surface area contributed by atoms with E-state index in [4.69, 9.17) is 4.74 Å². The molecule has 1 aromatic carbocycles. The summed E-state index contributed by atoms with van der Waals surface area (Å²) in [6.07, 6.45) is 0. The Morgan fingerprint density at radius 2 is 2.13 bits per heavy atom. The zero-order valence-corrected chi connectivity index (χ0v) is 14.2. The van der Waals surface area contributed by atoms with Gasteiger partial charge in [0.1, 0.15) is 5.75 Å². The number of fused-ring (bicyclic) bond motifs is 1. The number of carbonyl (C=O) groups is 1. The first kappa shape index (κ1) is 15.5. The fourth-order valence-electron chi connectivity index (χ4n) is 2.53. The number of ether oxygens (including phenoxy) is 1. The van der Waals surface area contributed by atoms with E-state index in [1.165, 1.54) is 0 Å². The van der Waals surface area contributed by atoms with E-state index in [1.807, 2.05) is 49.7 Å². The van der Waals surface area contributed by atoms with E-state index >= 15 is 0 Å². The molecule has 0 saturated carbocycles. The molecule has 2 aromatic heterocycles. The summed E-state index contributed by atoms with van der Waals surface area (Å²) in [6, 6.07) is 9.61. The van der Waals surface area contributed by atoms with Gasteiger partial charge in [-0.1, -0.05) is 0 Å². The van der Waals surface area contributed by atoms with E-state index in [1.54, 1.807) is 23.3 Å². The number of aromatic nitrogens is 1. The molecule has 3 aromatic rings. The van der Waals surface area contributed by atoms with Crippen molar-refractivity contribution in [2.45, 2.75) is 13.5 Å². The second-order valence-corrected chi connectivity index (χ2v) is 6.25. The Morgan fingerprint density at radius 1 is 1.30 bits per heavy atom. The van der Waals surface area contributed by atoms with Gasteiger partial charge in [-0.15, -0.1) is 0 Å². The molecule has 0 saturated heterocycles. The highest BCUT2D eigenvalue weighted by atomic mass is 32.1. The van der Waals surface area contributed by atoms with Gasteiger partial charge in [-0.2, -0.15) is 11.3 Å². The molecule has 0 spiro atoms. The first-order chi connectivity index (χ1) is 11.1. The first-order valence-electron chi connectivity index (χ1n) is 7.30. The third-order valence-electron chi connectivity index (χ3n) is 3.79. The molecule has 5 heteroatoms. The molecule has 0 bridgehead atoms. The molecule has 4 nitrogen and oxygen atoms in total. The molecule has 0 N–H and O–H groups in total. The van der Waals surface area contributed by atoms with Gasteiger partial charge in [-0.25, -0.2) is 0 Å². The lowest BCUT2D eigenvalue weighted by molar-refractivity contribution is 0.0784. The van der Waals surface area contributed by atoms with Crippen LogP contribution in [0.5, 0.6) is 5.75 Å². The largest absolute Gasteiger partial charge is 0.497 e. The van der Waals surface area contributed by atoms with Crippen LogP contribution in [0, 0.1) is 6.92 Å². The average molecular weight is 326 g/mol. The Hall–Kier alpha value is -2.40. The van der Waals surface area contributed by atoms with E-state index < -0.39 is 0 Å². The monoisotopic (exact) mass is 326 g/mol. The quantitative estimate of drug-likeness (QED) is 0.730.